The van der Waals surface area contributed by atoms with E-state index in [-0.39, 0.29) is 5.54 Å². The number of nitrogens with one attached hydrogen (secondary N) is 1. The molecule has 1 aromatic rings. The van der Waals surface area contributed by atoms with E-state index in [1.807, 2.05) is 11.7 Å². The number of hydrogen-bond acceptors (Lipinski definition) is 3. The third-order valence-corrected chi connectivity index (χ3v) is 5.16. The van der Waals surface area contributed by atoms with Gasteiger partial charge in [0.2, 0.25) is 0 Å². The molecule has 2 heterocycles. The second-order valence-electron chi connectivity index (χ2n) is 6.75. The van der Waals surface area contributed by atoms with Crippen LogP contribution in [0.1, 0.15) is 45.7 Å². The molecule has 2 atom stereocenters. The molecule has 20 heavy (non-hydrogen) atoms. The molecular formula is C16H28N4. The lowest BCUT2D eigenvalue weighted by atomic mass is 9.90. The molecule has 0 spiro atoms. The highest BCUT2D eigenvalue weighted by Gasteiger charge is 2.46. The second kappa shape index (κ2) is 5.06. The maximum Gasteiger partial charge on any atom is 0.0855 e. The first kappa shape index (κ1) is 13.9. The van der Waals surface area contributed by atoms with Crippen LogP contribution in [0.2, 0.25) is 0 Å². The van der Waals surface area contributed by atoms with Crippen LogP contribution in [-0.2, 0) is 13.5 Å². The van der Waals surface area contributed by atoms with Gasteiger partial charge < -0.3 is 10.2 Å². The minimum Gasteiger partial charge on any atom is -0.363 e. The van der Waals surface area contributed by atoms with Crippen LogP contribution in [0, 0.1) is 5.92 Å². The zero-order valence-corrected chi connectivity index (χ0v) is 13.3. The van der Waals surface area contributed by atoms with Crippen molar-refractivity contribution in [3.8, 4) is 0 Å². The highest BCUT2D eigenvalue weighted by molar-refractivity contribution is 5.52. The predicted molar refractivity (Wildman–Crippen MR) is 83.1 cm³/mol. The SMILES string of the molecule is CCc1nn(C)cc1N1CC(C)(C2CC2)NCC1CC. The Balaban J connectivity index is 1.90. The molecule has 0 radical (unpaired) electrons. The average molecular weight is 276 g/mol. The Morgan fingerprint density at radius 1 is 1.40 bits per heavy atom. The van der Waals surface area contributed by atoms with Gasteiger partial charge in [0, 0.05) is 37.9 Å². The van der Waals surface area contributed by atoms with Crippen molar-refractivity contribution >= 4 is 5.69 Å². The van der Waals surface area contributed by atoms with Crippen molar-refractivity contribution in [2.24, 2.45) is 13.0 Å². The molecule has 1 aromatic heterocycles. The first-order valence-electron chi connectivity index (χ1n) is 8.11. The molecule has 1 saturated heterocycles. The van der Waals surface area contributed by atoms with Crippen molar-refractivity contribution in [1.82, 2.24) is 15.1 Å². The summed E-state index contributed by atoms with van der Waals surface area (Å²) in [5, 5.41) is 8.47. The maximum absolute atomic E-state index is 4.64. The number of hydrogen-bond donors (Lipinski definition) is 1. The molecule has 0 amide bonds. The van der Waals surface area contributed by atoms with Gasteiger partial charge in [0.25, 0.3) is 0 Å². The van der Waals surface area contributed by atoms with Crippen molar-refractivity contribution in [1.29, 1.82) is 0 Å². The molecule has 1 aliphatic heterocycles. The number of anilines is 1. The second-order valence-corrected chi connectivity index (χ2v) is 6.75. The first-order chi connectivity index (χ1) is 9.57. The Kier molecular flexibility index (Phi) is 3.53. The van der Waals surface area contributed by atoms with Crippen LogP contribution in [0.4, 0.5) is 5.69 Å². The van der Waals surface area contributed by atoms with Gasteiger partial charge in [-0.2, -0.15) is 5.10 Å². The van der Waals surface area contributed by atoms with Crippen molar-refractivity contribution in [3.63, 3.8) is 0 Å². The molecule has 1 N–H and O–H groups in total. The van der Waals surface area contributed by atoms with Crippen LogP contribution in [0.5, 0.6) is 0 Å². The van der Waals surface area contributed by atoms with E-state index in [1.54, 1.807) is 0 Å². The van der Waals surface area contributed by atoms with E-state index in [2.05, 4.69) is 42.3 Å². The fourth-order valence-corrected chi connectivity index (χ4v) is 3.65. The van der Waals surface area contributed by atoms with Gasteiger partial charge >= 0.3 is 0 Å². The largest absolute Gasteiger partial charge is 0.363 e. The topological polar surface area (TPSA) is 33.1 Å². The quantitative estimate of drug-likeness (QED) is 0.916. The number of aryl methyl sites for hydroxylation is 2. The minimum absolute atomic E-state index is 0.284. The van der Waals surface area contributed by atoms with E-state index in [1.165, 1.54) is 30.6 Å². The zero-order chi connectivity index (χ0) is 14.3. The highest BCUT2D eigenvalue weighted by Crippen LogP contribution is 2.42. The third kappa shape index (κ3) is 2.34. The standard InChI is InChI=1S/C16H28N4/c1-5-13-9-17-16(3,12-7-8-12)11-20(13)15-10-19(4)18-14(15)6-2/h10,12-13,17H,5-9,11H2,1-4H3. The van der Waals surface area contributed by atoms with E-state index in [0.717, 1.165) is 25.4 Å². The van der Waals surface area contributed by atoms with Gasteiger partial charge in [0.15, 0.2) is 0 Å². The number of piperazine rings is 1. The summed E-state index contributed by atoms with van der Waals surface area (Å²) in [7, 11) is 2.03. The van der Waals surface area contributed by atoms with Crippen LogP contribution in [0.3, 0.4) is 0 Å². The van der Waals surface area contributed by atoms with E-state index < -0.39 is 0 Å². The first-order valence-corrected chi connectivity index (χ1v) is 8.11. The van der Waals surface area contributed by atoms with Gasteiger partial charge in [-0.15, -0.1) is 0 Å². The summed E-state index contributed by atoms with van der Waals surface area (Å²) in [5.41, 5.74) is 2.88. The molecule has 1 saturated carbocycles. The predicted octanol–water partition coefficient (Wildman–Crippen LogP) is 2.34. The van der Waals surface area contributed by atoms with Crippen molar-refractivity contribution in [2.75, 3.05) is 18.0 Å². The van der Waals surface area contributed by atoms with Gasteiger partial charge in [-0.05, 0) is 38.5 Å². The Bertz CT molecular complexity index is 477. The van der Waals surface area contributed by atoms with Gasteiger partial charge in [-0.25, -0.2) is 0 Å². The van der Waals surface area contributed by atoms with Gasteiger partial charge in [0.1, 0.15) is 0 Å². The molecule has 2 aliphatic rings. The van der Waals surface area contributed by atoms with Crippen molar-refractivity contribution < 1.29 is 0 Å². The molecular weight excluding hydrogens is 248 g/mol. The van der Waals surface area contributed by atoms with Crippen LogP contribution in [0.15, 0.2) is 6.20 Å². The van der Waals surface area contributed by atoms with Crippen molar-refractivity contribution in [3.05, 3.63) is 11.9 Å². The van der Waals surface area contributed by atoms with Crippen LogP contribution in [-0.4, -0.2) is 34.5 Å². The number of aromatic nitrogens is 2. The summed E-state index contributed by atoms with van der Waals surface area (Å²) in [6.45, 7) is 9.12. The summed E-state index contributed by atoms with van der Waals surface area (Å²) in [5.74, 6) is 0.865. The Hall–Kier alpha value is -1.03. The fourth-order valence-electron chi connectivity index (χ4n) is 3.65. The van der Waals surface area contributed by atoms with Crippen LogP contribution < -0.4 is 10.2 Å². The minimum atomic E-state index is 0.284. The molecule has 3 rings (SSSR count). The van der Waals surface area contributed by atoms with E-state index in [9.17, 15) is 0 Å². The monoisotopic (exact) mass is 276 g/mol. The number of nitrogens with zero attached hydrogens (tertiary/aromatic N) is 3. The average Bonchev–Trinajstić information content (AvgIpc) is 3.22. The van der Waals surface area contributed by atoms with E-state index in [0.29, 0.717) is 6.04 Å². The van der Waals surface area contributed by atoms with Crippen LogP contribution >= 0.6 is 0 Å². The summed E-state index contributed by atoms with van der Waals surface area (Å²) in [4.78, 5) is 2.63. The molecule has 2 fully saturated rings. The Morgan fingerprint density at radius 2 is 2.15 bits per heavy atom. The molecule has 2 unspecified atom stereocenters. The third-order valence-electron chi connectivity index (χ3n) is 5.16. The molecule has 4 nitrogen and oxygen atoms in total. The lowest BCUT2D eigenvalue weighted by Crippen LogP contribution is -2.64. The lowest BCUT2D eigenvalue weighted by molar-refractivity contribution is 0.252. The summed E-state index contributed by atoms with van der Waals surface area (Å²) in [6, 6.07) is 0.594. The smallest absolute Gasteiger partial charge is 0.0855 e. The normalized spacial score (nSPS) is 30.8. The fraction of sp³-hybridized carbons (Fsp3) is 0.812. The van der Waals surface area contributed by atoms with E-state index in [4.69, 9.17) is 0 Å². The van der Waals surface area contributed by atoms with Crippen LogP contribution in [0.25, 0.3) is 0 Å². The zero-order valence-electron chi connectivity index (χ0n) is 13.3. The molecule has 1 aliphatic carbocycles. The number of rotatable bonds is 4. The Morgan fingerprint density at radius 3 is 2.75 bits per heavy atom. The molecule has 0 aromatic carbocycles. The lowest BCUT2D eigenvalue weighted by Gasteiger charge is -2.47. The van der Waals surface area contributed by atoms with E-state index >= 15 is 0 Å². The molecule has 4 heteroatoms. The summed E-state index contributed by atoms with van der Waals surface area (Å²) < 4.78 is 1.97. The maximum atomic E-state index is 4.64. The molecule has 112 valence electrons. The summed E-state index contributed by atoms with van der Waals surface area (Å²) in [6.07, 6.45) is 7.19. The van der Waals surface area contributed by atoms with Gasteiger partial charge in [-0.1, -0.05) is 13.8 Å². The van der Waals surface area contributed by atoms with Gasteiger partial charge in [-0.3, -0.25) is 4.68 Å². The summed E-state index contributed by atoms with van der Waals surface area (Å²) >= 11 is 0. The van der Waals surface area contributed by atoms with Gasteiger partial charge in [0.05, 0.1) is 11.4 Å². The van der Waals surface area contributed by atoms with Crippen molar-refractivity contribution in [2.45, 2.75) is 58.0 Å². The highest BCUT2D eigenvalue weighted by atomic mass is 15.3. The Labute approximate surface area is 122 Å². The molecule has 0 bridgehead atoms.